The van der Waals surface area contributed by atoms with Gasteiger partial charge in [0.15, 0.2) is 6.29 Å². The minimum atomic E-state index is -0.910. The summed E-state index contributed by atoms with van der Waals surface area (Å²) in [7, 11) is 0. The zero-order chi connectivity index (χ0) is 31.2. The molecule has 45 heavy (non-hydrogen) atoms. The third kappa shape index (κ3) is 7.11. The number of carbonyl (C=O) groups is 1. The van der Waals surface area contributed by atoms with Crippen molar-refractivity contribution in [3.63, 3.8) is 0 Å². The van der Waals surface area contributed by atoms with Crippen molar-refractivity contribution >= 4 is 5.78 Å². The molecule has 2 unspecified atom stereocenters. The average Bonchev–Trinajstić information content (AvgIpc) is 3.37. The van der Waals surface area contributed by atoms with Gasteiger partial charge in [0, 0.05) is 0 Å². The van der Waals surface area contributed by atoms with Crippen molar-refractivity contribution in [1.82, 2.24) is 0 Å². The summed E-state index contributed by atoms with van der Waals surface area (Å²) in [6, 6.07) is 38.4. The molecule has 2 heterocycles. The number of hydrogen-bond donors (Lipinski definition) is 0. The van der Waals surface area contributed by atoms with Crippen LogP contribution in [0.25, 0.3) is 0 Å². The van der Waals surface area contributed by atoms with Crippen LogP contribution in [0.3, 0.4) is 0 Å². The summed E-state index contributed by atoms with van der Waals surface area (Å²) in [6.45, 7) is 7.14. The van der Waals surface area contributed by atoms with Crippen LogP contribution in [0.2, 0.25) is 0 Å². The lowest BCUT2D eigenvalue weighted by Gasteiger charge is -2.44. The fourth-order valence-electron chi connectivity index (χ4n) is 6.79. The predicted molar refractivity (Wildman–Crippen MR) is 172 cm³/mol. The second-order valence-electron chi connectivity index (χ2n) is 12.3. The molecule has 0 saturated carbocycles. The fraction of sp³-hybridized carbons (Fsp3) is 0.359. The Bertz CT molecular complexity index is 1510. The normalized spacial score (nSPS) is 27.6. The summed E-state index contributed by atoms with van der Waals surface area (Å²) < 4.78 is 33.3. The Kier molecular flexibility index (Phi) is 9.88. The Morgan fingerprint density at radius 1 is 0.711 bits per heavy atom. The maximum Gasteiger partial charge on any atom is 0.165 e. The van der Waals surface area contributed by atoms with Crippen LogP contribution in [0.5, 0.6) is 0 Å². The lowest BCUT2D eigenvalue weighted by molar-refractivity contribution is -0.293. The van der Waals surface area contributed by atoms with E-state index >= 15 is 0 Å². The number of ketones is 1. The number of ether oxygens (including phenoxy) is 5. The van der Waals surface area contributed by atoms with Gasteiger partial charge in [0.25, 0.3) is 0 Å². The Balaban J connectivity index is 1.35. The van der Waals surface area contributed by atoms with Crippen molar-refractivity contribution in [2.45, 2.75) is 70.8 Å². The Hall–Kier alpha value is -3.65. The summed E-state index contributed by atoms with van der Waals surface area (Å²) in [4.78, 5) is 13.6. The summed E-state index contributed by atoms with van der Waals surface area (Å²) in [5.74, 6) is -0.883. The van der Waals surface area contributed by atoms with E-state index in [1.54, 1.807) is 6.92 Å². The molecule has 234 valence electrons. The summed E-state index contributed by atoms with van der Waals surface area (Å²) >= 11 is 0. The molecular weight excluding hydrogens is 564 g/mol. The summed E-state index contributed by atoms with van der Waals surface area (Å²) in [5, 5.41) is 0. The number of hydrogen-bond acceptors (Lipinski definition) is 6. The molecule has 6 nitrogen and oxygen atoms in total. The van der Waals surface area contributed by atoms with Gasteiger partial charge in [-0.2, -0.15) is 0 Å². The van der Waals surface area contributed by atoms with Crippen LogP contribution >= 0.6 is 0 Å². The second-order valence-corrected chi connectivity index (χ2v) is 12.3. The van der Waals surface area contributed by atoms with E-state index in [2.05, 4.69) is 19.1 Å². The molecule has 0 amide bonds. The summed E-state index contributed by atoms with van der Waals surface area (Å²) in [5.41, 5.74) is 4.33. The van der Waals surface area contributed by atoms with Crippen LogP contribution < -0.4 is 0 Å². The third-order valence-corrected chi connectivity index (χ3v) is 9.06. The Morgan fingerprint density at radius 2 is 1.22 bits per heavy atom. The van der Waals surface area contributed by atoms with Gasteiger partial charge >= 0.3 is 0 Å². The maximum absolute atomic E-state index is 13.6. The molecule has 0 aromatic heterocycles. The molecule has 0 aliphatic carbocycles. The molecule has 0 spiro atoms. The molecule has 2 aliphatic heterocycles. The van der Waals surface area contributed by atoms with Crippen LogP contribution in [-0.2, 0) is 53.9 Å². The number of benzene rings is 4. The van der Waals surface area contributed by atoms with E-state index in [4.69, 9.17) is 23.7 Å². The first-order valence-electron chi connectivity index (χ1n) is 15.8. The molecule has 2 saturated heterocycles. The highest BCUT2D eigenvalue weighted by molar-refractivity contribution is 5.81. The topological polar surface area (TPSA) is 63.2 Å². The van der Waals surface area contributed by atoms with Gasteiger partial charge < -0.3 is 23.7 Å². The first kappa shape index (κ1) is 31.3. The first-order chi connectivity index (χ1) is 21.9. The van der Waals surface area contributed by atoms with Crippen molar-refractivity contribution in [2.24, 2.45) is 11.8 Å². The Morgan fingerprint density at radius 3 is 1.76 bits per heavy atom. The average molecular weight is 607 g/mol. The molecule has 6 rings (SSSR count). The van der Waals surface area contributed by atoms with Crippen LogP contribution in [0.1, 0.15) is 41.7 Å². The molecule has 4 aromatic carbocycles. The van der Waals surface area contributed by atoms with Crippen molar-refractivity contribution in [3.8, 4) is 0 Å². The van der Waals surface area contributed by atoms with Gasteiger partial charge in [-0.1, -0.05) is 121 Å². The minimum Gasteiger partial charge on any atom is -0.374 e. The highest BCUT2D eigenvalue weighted by atomic mass is 16.7. The van der Waals surface area contributed by atoms with Gasteiger partial charge in [-0.05, 0) is 43.0 Å². The minimum absolute atomic E-state index is 0.0306. The predicted octanol–water partition coefficient (Wildman–Crippen LogP) is 7.17. The lowest BCUT2D eigenvalue weighted by atomic mass is 9.71. The second kappa shape index (κ2) is 14.2. The maximum atomic E-state index is 13.6. The van der Waals surface area contributed by atoms with Crippen molar-refractivity contribution in [2.75, 3.05) is 6.61 Å². The Labute approximate surface area is 266 Å². The molecular formula is C39H42O6. The fourth-order valence-corrected chi connectivity index (χ4v) is 6.79. The largest absolute Gasteiger partial charge is 0.374 e. The first-order valence-corrected chi connectivity index (χ1v) is 15.8. The quantitative estimate of drug-likeness (QED) is 0.170. The smallest absolute Gasteiger partial charge is 0.165 e. The van der Waals surface area contributed by atoms with Crippen molar-refractivity contribution in [3.05, 3.63) is 143 Å². The van der Waals surface area contributed by atoms with E-state index in [0.29, 0.717) is 19.8 Å². The highest BCUT2D eigenvalue weighted by Gasteiger charge is 2.63. The number of carbonyl (C=O) groups excluding carboxylic acids is 1. The zero-order valence-corrected chi connectivity index (χ0v) is 26.2. The van der Waals surface area contributed by atoms with Gasteiger partial charge in [0.2, 0.25) is 0 Å². The van der Waals surface area contributed by atoms with E-state index in [9.17, 15) is 4.79 Å². The number of rotatable bonds is 12. The van der Waals surface area contributed by atoms with Crippen molar-refractivity contribution < 1.29 is 28.5 Å². The van der Waals surface area contributed by atoms with Gasteiger partial charge in [-0.15, -0.1) is 0 Å². The molecule has 0 radical (unpaired) electrons. The van der Waals surface area contributed by atoms with E-state index in [1.807, 2.05) is 110 Å². The van der Waals surface area contributed by atoms with Crippen LogP contribution in [-0.4, -0.2) is 37.0 Å². The van der Waals surface area contributed by atoms with E-state index in [0.717, 1.165) is 27.8 Å². The standard InChI is InChI=1S/C39H42O6/c1-27-19-21-32(22-20-27)39(3)35(28(2)40)34-37(43-25-31-17-11-6-12-18-31)36(42-24-30-15-9-5-10-16-30)33(44-38(34)45-39)26-41-23-29-13-7-4-8-14-29/h4-22,33-38H,23-26H2,1-3H3/t33-,34?,35+,36-,37-,38?,39-/m1/s1. The van der Waals surface area contributed by atoms with E-state index < -0.39 is 42.0 Å². The zero-order valence-electron chi connectivity index (χ0n) is 26.2. The number of Topliss-reactive ketones (excluding diaryl/α,β-unsaturated/α-hetero) is 1. The van der Waals surface area contributed by atoms with Gasteiger partial charge in [-0.25, -0.2) is 0 Å². The molecule has 0 N–H and O–H groups in total. The molecule has 0 bridgehead atoms. The van der Waals surface area contributed by atoms with Gasteiger partial charge in [-0.3, -0.25) is 4.79 Å². The summed E-state index contributed by atoms with van der Waals surface area (Å²) in [6.07, 6.45) is -2.20. The van der Waals surface area contributed by atoms with Crippen molar-refractivity contribution in [1.29, 1.82) is 0 Å². The van der Waals surface area contributed by atoms with Gasteiger partial charge in [0.1, 0.15) is 23.6 Å². The molecule has 6 heteroatoms. The molecule has 2 fully saturated rings. The van der Waals surface area contributed by atoms with Crippen LogP contribution in [0.15, 0.2) is 115 Å². The van der Waals surface area contributed by atoms with E-state index in [-0.39, 0.29) is 12.4 Å². The number of aryl methyl sites for hydroxylation is 1. The SMILES string of the molecule is CC(=O)[C@H]1C2C(O[C@H](COCc3ccccc3)[C@@H](OCc3ccccc3)[C@@H]2OCc2ccccc2)O[C@]1(C)c1ccc(C)cc1. The monoisotopic (exact) mass is 606 g/mol. The molecule has 4 aromatic rings. The molecule has 2 aliphatic rings. The van der Waals surface area contributed by atoms with Gasteiger partial charge in [0.05, 0.1) is 44.4 Å². The third-order valence-electron chi connectivity index (χ3n) is 9.06. The van der Waals surface area contributed by atoms with Crippen LogP contribution in [0.4, 0.5) is 0 Å². The highest BCUT2D eigenvalue weighted by Crippen LogP contribution is 2.53. The lowest BCUT2D eigenvalue weighted by Crippen LogP contribution is -2.58. The van der Waals surface area contributed by atoms with E-state index in [1.165, 1.54) is 0 Å². The molecule has 7 atom stereocenters. The van der Waals surface area contributed by atoms with Crippen LogP contribution in [0, 0.1) is 18.8 Å². The number of fused-ring (bicyclic) bond motifs is 1.